The van der Waals surface area contributed by atoms with Gasteiger partial charge in [-0.05, 0) is 43.5 Å². The second-order valence-corrected chi connectivity index (χ2v) is 6.23. The number of carbonyl (C=O) groups is 3. The molecule has 3 unspecified atom stereocenters. The smallest absolute Gasteiger partial charge is 0.278 e. The standard InChI is InChI=1S/C18H21N3O5/c1-18(16(24)19-2,17(25)21-26)20-15(23)12-6-3-11(4-7-12)5-8-13-9-14(13)10-22/h3-4,6-7,13-14,22,26H,9-10H2,1-2H3,(H,19,24)(H,20,23)(H,21,25). The molecular weight excluding hydrogens is 338 g/mol. The van der Waals surface area contributed by atoms with Gasteiger partial charge in [0.2, 0.25) is 0 Å². The maximum absolute atomic E-state index is 12.4. The van der Waals surface area contributed by atoms with E-state index in [1.54, 1.807) is 12.1 Å². The number of aliphatic hydroxyl groups is 1. The topological polar surface area (TPSA) is 128 Å². The zero-order chi connectivity index (χ0) is 19.3. The summed E-state index contributed by atoms with van der Waals surface area (Å²) in [6.07, 6.45) is 0.898. The van der Waals surface area contributed by atoms with Gasteiger partial charge in [0.1, 0.15) is 0 Å². The minimum absolute atomic E-state index is 0.143. The lowest BCUT2D eigenvalue weighted by Crippen LogP contribution is -2.64. The van der Waals surface area contributed by atoms with Crippen LogP contribution in [0.5, 0.6) is 0 Å². The van der Waals surface area contributed by atoms with Crippen LogP contribution in [0.25, 0.3) is 0 Å². The van der Waals surface area contributed by atoms with Crippen molar-refractivity contribution < 1.29 is 24.7 Å². The van der Waals surface area contributed by atoms with Gasteiger partial charge in [-0.2, -0.15) is 0 Å². The maximum atomic E-state index is 12.4. The first-order valence-electron chi connectivity index (χ1n) is 8.07. The third-order valence-corrected chi connectivity index (χ3v) is 4.31. The number of aliphatic hydroxyl groups excluding tert-OH is 1. The van der Waals surface area contributed by atoms with Crippen molar-refractivity contribution in [2.75, 3.05) is 13.7 Å². The lowest BCUT2D eigenvalue weighted by Gasteiger charge is -2.26. The molecule has 0 aliphatic heterocycles. The fraction of sp³-hybridized carbons (Fsp3) is 0.389. The second kappa shape index (κ2) is 7.99. The molecule has 1 saturated carbocycles. The number of carbonyl (C=O) groups excluding carboxylic acids is 3. The van der Waals surface area contributed by atoms with Gasteiger partial charge in [-0.15, -0.1) is 0 Å². The van der Waals surface area contributed by atoms with Gasteiger partial charge < -0.3 is 15.7 Å². The first kappa shape index (κ1) is 19.4. The summed E-state index contributed by atoms with van der Waals surface area (Å²) < 4.78 is 0. The Labute approximate surface area is 150 Å². The fourth-order valence-electron chi connectivity index (χ4n) is 2.38. The molecule has 1 aromatic rings. The van der Waals surface area contributed by atoms with Gasteiger partial charge in [-0.25, -0.2) is 5.48 Å². The van der Waals surface area contributed by atoms with E-state index in [4.69, 9.17) is 10.3 Å². The SMILES string of the molecule is CNC(=O)C(C)(NC(=O)c1ccc(C#CC2CC2CO)cc1)C(=O)NO. The largest absolute Gasteiger partial charge is 0.396 e. The Hall–Kier alpha value is -2.89. The number of hydroxylamine groups is 1. The average molecular weight is 359 g/mol. The minimum atomic E-state index is -1.97. The zero-order valence-electron chi connectivity index (χ0n) is 14.5. The van der Waals surface area contributed by atoms with E-state index in [-0.39, 0.29) is 24.0 Å². The second-order valence-electron chi connectivity index (χ2n) is 6.23. The van der Waals surface area contributed by atoms with Gasteiger partial charge in [-0.1, -0.05) is 11.8 Å². The molecule has 0 heterocycles. The normalized spacial score (nSPS) is 20.0. The lowest BCUT2D eigenvalue weighted by atomic mass is 9.99. The predicted molar refractivity (Wildman–Crippen MR) is 91.9 cm³/mol. The molecule has 1 fully saturated rings. The predicted octanol–water partition coefficient (Wildman–Crippen LogP) is -0.594. The van der Waals surface area contributed by atoms with Crippen LogP contribution >= 0.6 is 0 Å². The van der Waals surface area contributed by atoms with Gasteiger partial charge in [0.15, 0.2) is 5.54 Å². The van der Waals surface area contributed by atoms with Crippen LogP contribution in [-0.2, 0) is 9.59 Å². The first-order valence-corrected chi connectivity index (χ1v) is 8.07. The molecule has 0 saturated heterocycles. The molecule has 1 aliphatic rings. The molecule has 138 valence electrons. The highest BCUT2D eigenvalue weighted by molar-refractivity contribution is 6.12. The lowest BCUT2D eigenvalue weighted by molar-refractivity contribution is -0.143. The van der Waals surface area contributed by atoms with Gasteiger partial charge in [-0.3, -0.25) is 19.6 Å². The van der Waals surface area contributed by atoms with Crippen molar-refractivity contribution in [1.29, 1.82) is 0 Å². The molecule has 0 bridgehead atoms. The first-order chi connectivity index (χ1) is 12.3. The molecule has 2 rings (SSSR count). The number of hydrogen-bond donors (Lipinski definition) is 5. The van der Waals surface area contributed by atoms with Crippen LogP contribution < -0.4 is 16.1 Å². The molecular formula is C18H21N3O5. The number of nitrogens with one attached hydrogen (secondary N) is 3. The fourth-order valence-corrected chi connectivity index (χ4v) is 2.38. The summed E-state index contributed by atoms with van der Waals surface area (Å²) in [5, 5.41) is 22.4. The van der Waals surface area contributed by atoms with Crippen LogP contribution in [0.3, 0.4) is 0 Å². The summed E-state index contributed by atoms with van der Waals surface area (Å²) in [4.78, 5) is 36.1. The van der Waals surface area contributed by atoms with Gasteiger partial charge in [0.25, 0.3) is 17.7 Å². The van der Waals surface area contributed by atoms with E-state index in [1.807, 2.05) is 0 Å². The monoisotopic (exact) mass is 359 g/mol. The van der Waals surface area contributed by atoms with Crippen LogP contribution in [-0.4, -0.2) is 47.2 Å². The third kappa shape index (κ3) is 4.20. The Morgan fingerprint density at radius 3 is 2.38 bits per heavy atom. The van der Waals surface area contributed by atoms with Crippen LogP contribution in [0.2, 0.25) is 0 Å². The van der Waals surface area contributed by atoms with Gasteiger partial charge >= 0.3 is 0 Å². The Kier molecular flexibility index (Phi) is 5.97. The van der Waals surface area contributed by atoms with Gasteiger partial charge in [0.05, 0.1) is 0 Å². The van der Waals surface area contributed by atoms with Crippen molar-refractivity contribution in [2.24, 2.45) is 11.8 Å². The molecule has 0 aromatic heterocycles. The number of hydrogen-bond acceptors (Lipinski definition) is 5. The van der Waals surface area contributed by atoms with E-state index in [2.05, 4.69) is 22.5 Å². The van der Waals surface area contributed by atoms with E-state index < -0.39 is 23.3 Å². The molecule has 8 heteroatoms. The molecule has 8 nitrogen and oxygen atoms in total. The van der Waals surface area contributed by atoms with Crippen molar-refractivity contribution in [1.82, 2.24) is 16.1 Å². The summed E-state index contributed by atoms with van der Waals surface area (Å²) >= 11 is 0. The molecule has 3 amide bonds. The van der Waals surface area contributed by atoms with Crippen LogP contribution in [0.4, 0.5) is 0 Å². The van der Waals surface area contributed by atoms with E-state index in [1.165, 1.54) is 31.6 Å². The summed E-state index contributed by atoms with van der Waals surface area (Å²) in [5.74, 6) is 4.03. The number of likely N-dealkylation sites (N-methyl/N-ethyl adjacent to an activating group) is 1. The van der Waals surface area contributed by atoms with Crippen molar-refractivity contribution in [2.45, 2.75) is 18.9 Å². The van der Waals surface area contributed by atoms with Crippen molar-refractivity contribution >= 4 is 17.7 Å². The molecule has 3 atom stereocenters. The van der Waals surface area contributed by atoms with Crippen LogP contribution in [0.1, 0.15) is 29.3 Å². The maximum Gasteiger partial charge on any atom is 0.278 e. The van der Waals surface area contributed by atoms with E-state index in [0.717, 1.165) is 6.42 Å². The minimum Gasteiger partial charge on any atom is -0.396 e. The summed E-state index contributed by atoms with van der Waals surface area (Å²) in [6, 6.07) is 6.36. The van der Waals surface area contributed by atoms with Crippen molar-refractivity contribution in [3.8, 4) is 11.8 Å². The molecule has 0 spiro atoms. The third-order valence-electron chi connectivity index (χ3n) is 4.31. The Morgan fingerprint density at radius 2 is 1.88 bits per heavy atom. The summed E-state index contributed by atoms with van der Waals surface area (Å²) in [7, 11) is 1.31. The number of amides is 3. The molecule has 26 heavy (non-hydrogen) atoms. The number of rotatable bonds is 5. The summed E-state index contributed by atoms with van der Waals surface area (Å²) in [6.45, 7) is 1.33. The molecule has 0 radical (unpaired) electrons. The van der Waals surface area contributed by atoms with E-state index in [9.17, 15) is 14.4 Å². The van der Waals surface area contributed by atoms with Crippen LogP contribution in [0, 0.1) is 23.7 Å². The average Bonchev–Trinajstić information content (AvgIpc) is 3.43. The number of benzene rings is 1. The summed E-state index contributed by atoms with van der Waals surface area (Å²) in [5.41, 5.74) is 0.357. The Bertz CT molecular complexity index is 747. The van der Waals surface area contributed by atoms with E-state index in [0.29, 0.717) is 5.56 Å². The highest BCUT2D eigenvalue weighted by Gasteiger charge is 2.42. The quantitative estimate of drug-likeness (QED) is 0.208. The highest BCUT2D eigenvalue weighted by Crippen LogP contribution is 2.36. The van der Waals surface area contributed by atoms with Gasteiger partial charge in [0, 0.05) is 30.7 Å². The van der Waals surface area contributed by atoms with Crippen molar-refractivity contribution in [3.05, 3.63) is 35.4 Å². The zero-order valence-corrected chi connectivity index (χ0v) is 14.5. The molecule has 1 aromatic carbocycles. The molecule has 5 N–H and O–H groups in total. The van der Waals surface area contributed by atoms with Crippen molar-refractivity contribution in [3.63, 3.8) is 0 Å². The highest BCUT2D eigenvalue weighted by atomic mass is 16.5. The Balaban J connectivity index is 2.09. The Morgan fingerprint density at radius 1 is 1.23 bits per heavy atom. The van der Waals surface area contributed by atoms with E-state index >= 15 is 0 Å². The van der Waals surface area contributed by atoms with Crippen LogP contribution in [0.15, 0.2) is 24.3 Å². The molecule has 1 aliphatic carbocycles.